The Labute approximate surface area is 234 Å². The number of hydrogen-bond acceptors (Lipinski definition) is 3. The van der Waals surface area contributed by atoms with Crippen molar-refractivity contribution in [2.75, 3.05) is 39.3 Å². The van der Waals surface area contributed by atoms with Gasteiger partial charge in [-0.1, -0.05) is 83.9 Å². The van der Waals surface area contributed by atoms with Gasteiger partial charge in [-0.25, -0.2) is 4.79 Å². The van der Waals surface area contributed by atoms with Crippen LogP contribution in [0.3, 0.4) is 0 Å². The summed E-state index contributed by atoms with van der Waals surface area (Å²) in [6.07, 6.45) is 0.472. The predicted molar refractivity (Wildman–Crippen MR) is 151 cm³/mol. The average molecular weight is 552 g/mol. The molecule has 0 saturated carbocycles. The molecule has 0 bridgehead atoms. The summed E-state index contributed by atoms with van der Waals surface area (Å²) in [7, 11) is 0. The molecular formula is C30H32Cl2N4O2. The monoisotopic (exact) mass is 550 g/mol. The first-order valence-corrected chi connectivity index (χ1v) is 13.8. The number of hydrogen-bond donors (Lipinski definition) is 1. The molecule has 2 aliphatic heterocycles. The summed E-state index contributed by atoms with van der Waals surface area (Å²) in [5.74, 6) is 0.275. The van der Waals surface area contributed by atoms with Gasteiger partial charge in [-0.05, 0) is 34.9 Å². The molecule has 198 valence electrons. The molecule has 8 heteroatoms. The molecule has 2 heterocycles. The van der Waals surface area contributed by atoms with E-state index >= 15 is 0 Å². The summed E-state index contributed by atoms with van der Waals surface area (Å²) in [6, 6.07) is 25.7. The van der Waals surface area contributed by atoms with Gasteiger partial charge in [0, 0.05) is 68.2 Å². The van der Waals surface area contributed by atoms with E-state index in [0.717, 1.165) is 16.7 Å². The number of nitrogens with zero attached hydrogens (tertiary/aromatic N) is 3. The molecule has 0 spiro atoms. The fourth-order valence-electron chi connectivity index (χ4n) is 5.43. The summed E-state index contributed by atoms with van der Waals surface area (Å²) < 4.78 is 0. The number of rotatable bonds is 7. The lowest BCUT2D eigenvalue weighted by Crippen LogP contribution is -2.53. The number of piperazine rings is 1. The van der Waals surface area contributed by atoms with Gasteiger partial charge in [-0.3, -0.25) is 9.69 Å². The van der Waals surface area contributed by atoms with E-state index < -0.39 is 0 Å². The summed E-state index contributed by atoms with van der Waals surface area (Å²) in [5.41, 5.74) is 3.23. The molecule has 2 aliphatic rings. The minimum atomic E-state index is -0.0735. The highest BCUT2D eigenvalue weighted by atomic mass is 35.5. The molecular weight excluding hydrogens is 519 g/mol. The molecule has 6 nitrogen and oxygen atoms in total. The Balaban J connectivity index is 1.16. The highest BCUT2D eigenvalue weighted by Crippen LogP contribution is 2.35. The van der Waals surface area contributed by atoms with Gasteiger partial charge in [0.05, 0.1) is 6.04 Å². The van der Waals surface area contributed by atoms with E-state index in [-0.39, 0.29) is 23.9 Å². The lowest BCUT2D eigenvalue weighted by Gasteiger charge is -2.40. The molecule has 2 saturated heterocycles. The highest BCUT2D eigenvalue weighted by molar-refractivity contribution is 6.31. The third-order valence-electron chi connectivity index (χ3n) is 7.38. The molecule has 3 aromatic rings. The molecule has 0 aromatic heterocycles. The first-order valence-electron chi connectivity index (χ1n) is 13.1. The molecule has 0 aliphatic carbocycles. The second kappa shape index (κ2) is 12.2. The SMILES string of the molecule is O=C1C[C@H](CNC(=O)N2CCN([C@@H](c3cccc(Cl)c3)c3ccccc3Cl)CC2)CN1Cc1ccccc1. The van der Waals surface area contributed by atoms with Crippen molar-refractivity contribution in [2.45, 2.75) is 19.0 Å². The third-order valence-corrected chi connectivity index (χ3v) is 7.96. The number of carbonyl (C=O) groups is 2. The Morgan fingerprint density at radius 3 is 2.39 bits per heavy atom. The van der Waals surface area contributed by atoms with Crippen LogP contribution in [-0.4, -0.2) is 65.9 Å². The number of carbonyl (C=O) groups excluding carboxylic acids is 2. The first kappa shape index (κ1) is 26.5. The Morgan fingerprint density at radius 2 is 1.66 bits per heavy atom. The second-order valence-electron chi connectivity index (χ2n) is 10.0. The van der Waals surface area contributed by atoms with Crippen molar-refractivity contribution in [3.8, 4) is 0 Å². The Morgan fingerprint density at radius 1 is 0.921 bits per heavy atom. The molecule has 2 atom stereocenters. The van der Waals surface area contributed by atoms with Crippen molar-refractivity contribution in [3.63, 3.8) is 0 Å². The Hall–Kier alpha value is -3.06. The summed E-state index contributed by atoms with van der Waals surface area (Å²) >= 11 is 12.9. The number of likely N-dealkylation sites (tertiary alicyclic amines) is 1. The number of benzene rings is 3. The van der Waals surface area contributed by atoms with Crippen molar-refractivity contribution >= 4 is 35.1 Å². The van der Waals surface area contributed by atoms with Crippen LogP contribution in [0, 0.1) is 5.92 Å². The van der Waals surface area contributed by atoms with Gasteiger partial charge in [0.15, 0.2) is 0 Å². The normalized spacial score (nSPS) is 19.0. The smallest absolute Gasteiger partial charge is 0.317 e. The summed E-state index contributed by atoms with van der Waals surface area (Å²) in [5, 5.41) is 4.47. The van der Waals surface area contributed by atoms with Crippen LogP contribution in [0.1, 0.15) is 29.2 Å². The topological polar surface area (TPSA) is 55.9 Å². The van der Waals surface area contributed by atoms with Crippen LogP contribution in [-0.2, 0) is 11.3 Å². The van der Waals surface area contributed by atoms with Crippen molar-refractivity contribution in [2.24, 2.45) is 5.92 Å². The average Bonchev–Trinajstić information content (AvgIpc) is 3.28. The largest absolute Gasteiger partial charge is 0.338 e. The van der Waals surface area contributed by atoms with Gasteiger partial charge >= 0.3 is 6.03 Å². The maximum Gasteiger partial charge on any atom is 0.317 e. The van der Waals surface area contributed by atoms with Crippen LogP contribution in [0.5, 0.6) is 0 Å². The summed E-state index contributed by atoms with van der Waals surface area (Å²) in [4.78, 5) is 31.6. The zero-order chi connectivity index (χ0) is 26.5. The fourth-order valence-corrected chi connectivity index (χ4v) is 5.87. The first-order chi connectivity index (χ1) is 18.5. The number of urea groups is 1. The van der Waals surface area contributed by atoms with Crippen molar-refractivity contribution in [1.29, 1.82) is 0 Å². The molecule has 2 fully saturated rings. The Bertz CT molecular complexity index is 1260. The van der Waals surface area contributed by atoms with Crippen molar-refractivity contribution < 1.29 is 9.59 Å². The predicted octanol–water partition coefficient (Wildman–Crippen LogP) is 5.46. The lowest BCUT2D eigenvalue weighted by molar-refractivity contribution is -0.128. The molecule has 0 unspecified atom stereocenters. The van der Waals surface area contributed by atoms with Crippen LogP contribution in [0.25, 0.3) is 0 Å². The van der Waals surface area contributed by atoms with Crippen LogP contribution >= 0.6 is 23.2 Å². The zero-order valence-electron chi connectivity index (χ0n) is 21.2. The molecule has 0 radical (unpaired) electrons. The third kappa shape index (κ3) is 6.32. The molecule has 3 amide bonds. The Kier molecular flexibility index (Phi) is 8.52. The summed E-state index contributed by atoms with van der Waals surface area (Å²) in [6.45, 7) is 4.42. The van der Waals surface area contributed by atoms with E-state index in [1.54, 1.807) is 0 Å². The fraction of sp³-hybridized carbons (Fsp3) is 0.333. The van der Waals surface area contributed by atoms with Crippen LogP contribution in [0.4, 0.5) is 4.79 Å². The van der Waals surface area contributed by atoms with Gasteiger partial charge in [-0.15, -0.1) is 0 Å². The van der Waals surface area contributed by atoms with Gasteiger partial charge in [-0.2, -0.15) is 0 Å². The van der Waals surface area contributed by atoms with Gasteiger partial charge in [0.25, 0.3) is 0 Å². The molecule has 38 heavy (non-hydrogen) atoms. The number of halogens is 2. The van der Waals surface area contributed by atoms with E-state index in [1.165, 1.54) is 0 Å². The van der Waals surface area contributed by atoms with Crippen LogP contribution in [0.2, 0.25) is 10.0 Å². The lowest BCUT2D eigenvalue weighted by atomic mass is 9.96. The number of amides is 3. The zero-order valence-corrected chi connectivity index (χ0v) is 22.7. The number of nitrogens with one attached hydrogen (secondary N) is 1. The van der Waals surface area contributed by atoms with E-state index in [4.69, 9.17) is 23.2 Å². The molecule has 3 aromatic carbocycles. The quantitative estimate of drug-likeness (QED) is 0.425. The van der Waals surface area contributed by atoms with Crippen molar-refractivity contribution in [1.82, 2.24) is 20.0 Å². The van der Waals surface area contributed by atoms with E-state index in [9.17, 15) is 9.59 Å². The van der Waals surface area contributed by atoms with Crippen molar-refractivity contribution in [3.05, 3.63) is 106 Å². The minimum absolute atomic E-state index is 0.0484. The minimum Gasteiger partial charge on any atom is -0.338 e. The van der Waals surface area contributed by atoms with Gasteiger partial charge in [0.2, 0.25) is 5.91 Å². The molecule has 5 rings (SSSR count). The molecule has 1 N–H and O–H groups in total. The standard InChI is InChI=1S/C30H32Cl2N4O2/c31-25-10-6-9-24(18-25)29(26-11-4-5-12-27(26)32)34-13-15-35(16-14-34)30(38)33-19-23-17-28(37)36(21-23)20-22-7-2-1-3-8-22/h1-12,18,23,29H,13-17,19-21H2,(H,33,38)/t23-,29+/m1/s1. The highest BCUT2D eigenvalue weighted by Gasteiger charge is 2.32. The maximum atomic E-state index is 13.0. The maximum absolute atomic E-state index is 13.0. The van der Waals surface area contributed by atoms with Gasteiger partial charge in [0.1, 0.15) is 0 Å². The van der Waals surface area contributed by atoms with Crippen LogP contribution < -0.4 is 5.32 Å². The second-order valence-corrected chi connectivity index (χ2v) is 10.9. The van der Waals surface area contributed by atoms with Gasteiger partial charge < -0.3 is 15.1 Å². The van der Waals surface area contributed by atoms with E-state index in [2.05, 4.69) is 22.3 Å². The van der Waals surface area contributed by atoms with E-state index in [1.807, 2.05) is 76.5 Å². The van der Waals surface area contributed by atoms with E-state index in [0.29, 0.717) is 62.3 Å². The van der Waals surface area contributed by atoms with Crippen LogP contribution in [0.15, 0.2) is 78.9 Å².